The molecule has 0 unspecified atom stereocenters. The molecule has 0 bridgehead atoms. The van der Waals surface area contributed by atoms with Crippen LogP contribution in [-0.2, 0) is 16.4 Å². The molecule has 0 spiro atoms. The lowest BCUT2D eigenvalue weighted by Crippen LogP contribution is -2.29. The first-order chi connectivity index (χ1) is 7.07. The average molecular weight is 245 g/mol. The summed E-state index contributed by atoms with van der Waals surface area (Å²) >= 11 is 1.72. The molecule has 1 saturated heterocycles. The zero-order valence-corrected chi connectivity index (χ0v) is 10.3. The van der Waals surface area contributed by atoms with E-state index in [9.17, 15) is 8.42 Å². The first-order valence-corrected chi connectivity index (χ1v) is 7.74. The maximum absolute atomic E-state index is 11.2. The second kappa shape index (κ2) is 4.23. The summed E-state index contributed by atoms with van der Waals surface area (Å²) in [6, 6.07) is 2.24. The van der Waals surface area contributed by atoms with Gasteiger partial charge in [0.05, 0.1) is 11.5 Å². The molecule has 2 heterocycles. The summed E-state index contributed by atoms with van der Waals surface area (Å²) < 4.78 is 22.5. The van der Waals surface area contributed by atoms with Gasteiger partial charge in [0, 0.05) is 17.5 Å². The average Bonchev–Trinajstić information content (AvgIpc) is 2.69. The van der Waals surface area contributed by atoms with Crippen molar-refractivity contribution in [2.75, 3.05) is 11.5 Å². The molecular formula is C10H15NO2S2. The van der Waals surface area contributed by atoms with E-state index >= 15 is 0 Å². The smallest absolute Gasteiger partial charge is 0.151 e. The Morgan fingerprint density at radius 1 is 1.60 bits per heavy atom. The van der Waals surface area contributed by atoms with Crippen molar-refractivity contribution in [1.82, 2.24) is 5.32 Å². The molecule has 0 saturated carbocycles. The van der Waals surface area contributed by atoms with Crippen molar-refractivity contribution in [2.24, 2.45) is 0 Å². The van der Waals surface area contributed by atoms with Crippen molar-refractivity contribution < 1.29 is 8.42 Å². The van der Waals surface area contributed by atoms with Gasteiger partial charge in [0.25, 0.3) is 0 Å². The molecule has 0 amide bonds. The Kier molecular flexibility index (Phi) is 3.13. The standard InChI is InChI=1S/C10H15NO2S2/c1-8-2-4-14-10(8)6-11-9-3-5-15(12,13)7-9/h2,4,9,11H,3,5-7H2,1H3/t9-/m1/s1. The van der Waals surface area contributed by atoms with E-state index in [4.69, 9.17) is 0 Å². The zero-order chi connectivity index (χ0) is 10.9. The molecule has 5 heteroatoms. The topological polar surface area (TPSA) is 46.2 Å². The van der Waals surface area contributed by atoms with Crippen LogP contribution in [0.2, 0.25) is 0 Å². The van der Waals surface area contributed by atoms with E-state index in [1.54, 1.807) is 11.3 Å². The largest absolute Gasteiger partial charge is 0.308 e. The Bertz CT molecular complexity index is 436. The van der Waals surface area contributed by atoms with Gasteiger partial charge in [-0.1, -0.05) is 0 Å². The third-order valence-electron chi connectivity index (χ3n) is 2.75. The summed E-state index contributed by atoms with van der Waals surface area (Å²) in [6.07, 6.45) is 0.757. The number of hydrogen-bond acceptors (Lipinski definition) is 4. The summed E-state index contributed by atoms with van der Waals surface area (Å²) in [6.45, 7) is 2.88. The summed E-state index contributed by atoms with van der Waals surface area (Å²) in [5.74, 6) is 0.644. The molecule has 1 aromatic rings. The highest BCUT2D eigenvalue weighted by atomic mass is 32.2. The van der Waals surface area contributed by atoms with Crippen LogP contribution >= 0.6 is 11.3 Å². The van der Waals surface area contributed by atoms with Crippen LogP contribution in [0.15, 0.2) is 11.4 Å². The van der Waals surface area contributed by atoms with Crippen LogP contribution in [0.3, 0.4) is 0 Å². The SMILES string of the molecule is Cc1ccsc1CN[C@@H]1CCS(=O)(=O)C1. The van der Waals surface area contributed by atoms with Crippen LogP contribution in [-0.4, -0.2) is 26.0 Å². The van der Waals surface area contributed by atoms with E-state index in [0.29, 0.717) is 11.5 Å². The van der Waals surface area contributed by atoms with Gasteiger partial charge in [-0.2, -0.15) is 0 Å². The minimum absolute atomic E-state index is 0.150. The number of hydrogen-bond donors (Lipinski definition) is 1. The van der Waals surface area contributed by atoms with E-state index in [-0.39, 0.29) is 6.04 Å². The number of rotatable bonds is 3. The van der Waals surface area contributed by atoms with Gasteiger partial charge in [0.2, 0.25) is 0 Å². The van der Waals surface area contributed by atoms with Crippen LogP contribution in [0.4, 0.5) is 0 Å². The van der Waals surface area contributed by atoms with Crippen LogP contribution in [0.25, 0.3) is 0 Å². The second-order valence-electron chi connectivity index (χ2n) is 4.01. The molecule has 1 aromatic heterocycles. The molecule has 84 valence electrons. The number of nitrogens with one attached hydrogen (secondary N) is 1. The first-order valence-electron chi connectivity index (χ1n) is 5.03. The second-order valence-corrected chi connectivity index (χ2v) is 7.24. The van der Waals surface area contributed by atoms with Crippen molar-refractivity contribution in [3.05, 3.63) is 21.9 Å². The third kappa shape index (κ3) is 2.80. The highest BCUT2D eigenvalue weighted by molar-refractivity contribution is 7.91. The summed E-state index contributed by atoms with van der Waals surface area (Å²) in [5, 5.41) is 5.38. The maximum atomic E-state index is 11.2. The molecule has 0 aliphatic carbocycles. The summed E-state index contributed by atoms with van der Waals surface area (Å²) in [4.78, 5) is 1.30. The molecule has 2 rings (SSSR count). The zero-order valence-electron chi connectivity index (χ0n) is 8.69. The number of aryl methyl sites for hydroxylation is 1. The van der Waals surface area contributed by atoms with Crippen LogP contribution < -0.4 is 5.32 Å². The molecule has 1 aliphatic rings. The minimum Gasteiger partial charge on any atom is -0.308 e. The first kappa shape index (κ1) is 11.1. The minimum atomic E-state index is -2.76. The predicted molar refractivity (Wildman–Crippen MR) is 63.0 cm³/mol. The molecule has 1 fully saturated rings. The summed E-state index contributed by atoms with van der Waals surface area (Å²) in [7, 11) is -2.76. The highest BCUT2D eigenvalue weighted by Crippen LogP contribution is 2.17. The quantitative estimate of drug-likeness (QED) is 0.874. The predicted octanol–water partition coefficient (Wildman–Crippen LogP) is 1.33. The van der Waals surface area contributed by atoms with E-state index in [1.807, 2.05) is 0 Å². The Morgan fingerprint density at radius 2 is 2.40 bits per heavy atom. The third-order valence-corrected chi connectivity index (χ3v) is 5.54. The van der Waals surface area contributed by atoms with Gasteiger partial charge in [0.1, 0.15) is 0 Å². The van der Waals surface area contributed by atoms with E-state index < -0.39 is 9.84 Å². The fourth-order valence-corrected chi connectivity index (χ4v) is 4.34. The molecule has 1 atom stereocenters. The van der Waals surface area contributed by atoms with Crippen molar-refractivity contribution in [3.8, 4) is 0 Å². The highest BCUT2D eigenvalue weighted by Gasteiger charge is 2.27. The van der Waals surface area contributed by atoms with Gasteiger partial charge < -0.3 is 5.32 Å². The van der Waals surface area contributed by atoms with Crippen LogP contribution in [0.5, 0.6) is 0 Å². The number of thiophene rings is 1. The van der Waals surface area contributed by atoms with Crippen LogP contribution in [0.1, 0.15) is 16.9 Å². The lowest BCUT2D eigenvalue weighted by atomic mass is 10.2. The molecule has 0 radical (unpaired) electrons. The Labute approximate surface area is 94.4 Å². The van der Waals surface area contributed by atoms with E-state index in [2.05, 4.69) is 23.7 Å². The summed E-state index contributed by atoms with van der Waals surface area (Å²) in [5.41, 5.74) is 1.29. The molecule has 0 aromatic carbocycles. The van der Waals surface area contributed by atoms with Crippen molar-refractivity contribution >= 4 is 21.2 Å². The fraction of sp³-hybridized carbons (Fsp3) is 0.600. The molecule has 15 heavy (non-hydrogen) atoms. The monoisotopic (exact) mass is 245 g/mol. The van der Waals surface area contributed by atoms with Crippen molar-refractivity contribution in [3.63, 3.8) is 0 Å². The van der Waals surface area contributed by atoms with E-state index in [1.165, 1.54) is 10.4 Å². The van der Waals surface area contributed by atoms with Gasteiger partial charge in [-0.25, -0.2) is 8.42 Å². The molecule has 1 N–H and O–H groups in total. The van der Waals surface area contributed by atoms with Gasteiger partial charge in [0.15, 0.2) is 9.84 Å². The lowest BCUT2D eigenvalue weighted by Gasteiger charge is -2.09. The molecule has 3 nitrogen and oxygen atoms in total. The van der Waals surface area contributed by atoms with Crippen molar-refractivity contribution in [1.29, 1.82) is 0 Å². The van der Waals surface area contributed by atoms with Crippen LogP contribution in [0, 0.1) is 6.92 Å². The van der Waals surface area contributed by atoms with Gasteiger partial charge >= 0.3 is 0 Å². The van der Waals surface area contributed by atoms with E-state index in [0.717, 1.165) is 13.0 Å². The van der Waals surface area contributed by atoms with Gasteiger partial charge in [-0.15, -0.1) is 11.3 Å². The number of sulfone groups is 1. The van der Waals surface area contributed by atoms with Gasteiger partial charge in [-0.05, 0) is 30.4 Å². The Morgan fingerprint density at radius 3 is 2.93 bits per heavy atom. The normalized spacial score (nSPS) is 24.5. The Hall–Kier alpha value is -0.390. The Balaban J connectivity index is 1.88. The van der Waals surface area contributed by atoms with Gasteiger partial charge in [-0.3, -0.25) is 0 Å². The molecule has 1 aliphatic heterocycles. The van der Waals surface area contributed by atoms with Crippen molar-refractivity contribution in [2.45, 2.75) is 25.9 Å². The molecular weight excluding hydrogens is 230 g/mol. The fourth-order valence-electron chi connectivity index (χ4n) is 1.78. The lowest BCUT2D eigenvalue weighted by molar-refractivity contribution is 0.556. The maximum Gasteiger partial charge on any atom is 0.151 e.